The number of benzene rings is 4. The van der Waals surface area contributed by atoms with Crippen LogP contribution in [0.1, 0.15) is 11.1 Å². The minimum absolute atomic E-state index is 0.887. The molecule has 0 saturated carbocycles. The Balaban J connectivity index is 1.80. The van der Waals surface area contributed by atoms with Gasteiger partial charge in [-0.15, -0.1) is 0 Å². The van der Waals surface area contributed by atoms with E-state index in [1.807, 2.05) is 12.1 Å². The Kier molecular flexibility index (Phi) is 3.57. The van der Waals surface area contributed by atoms with Crippen molar-refractivity contribution in [3.63, 3.8) is 0 Å². The van der Waals surface area contributed by atoms with Crippen molar-refractivity contribution in [2.24, 2.45) is 0 Å². The Morgan fingerprint density at radius 3 is 2.08 bits per heavy atom. The highest BCUT2D eigenvalue weighted by Gasteiger charge is 2.16. The van der Waals surface area contributed by atoms with Crippen LogP contribution in [0.5, 0.6) is 0 Å². The fraction of sp³-hybridized carbons (Fsp3) is 0.0400. The quantitative estimate of drug-likeness (QED) is 0.352. The summed E-state index contributed by atoms with van der Waals surface area (Å²) in [7, 11) is 0. The maximum Gasteiger partial charge on any atom is 0.143 e. The van der Waals surface area contributed by atoms with Gasteiger partial charge in [-0.2, -0.15) is 0 Å². The number of para-hydroxylation sites is 1. The summed E-state index contributed by atoms with van der Waals surface area (Å²) in [6.45, 7) is 0. The Bertz CT molecular complexity index is 1180. The summed E-state index contributed by atoms with van der Waals surface area (Å²) < 4.78 is 6.32. The Hall–Kier alpha value is -3.32. The molecular formula is C25H18O. The van der Waals surface area contributed by atoms with Crippen LogP contribution in [0.4, 0.5) is 0 Å². The Labute approximate surface area is 152 Å². The van der Waals surface area contributed by atoms with Crippen molar-refractivity contribution in [2.75, 3.05) is 0 Å². The van der Waals surface area contributed by atoms with E-state index in [1.165, 1.54) is 33.0 Å². The first-order valence-corrected chi connectivity index (χ1v) is 8.92. The molecule has 1 heterocycles. The lowest BCUT2D eigenvalue weighted by molar-refractivity contribution is 0.669. The molecule has 0 spiro atoms. The SMILES string of the molecule is c1ccc(Cc2ccc3c(oc4ccccc43)c2-c2ccccc2)cc1. The van der Waals surface area contributed by atoms with Crippen molar-refractivity contribution >= 4 is 21.9 Å². The van der Waals surface area contributed by atoms with E-state index in [4.69, 9.17) is 4.42 Å². The van der Waals surface area contributed by atoms with Crippen LogP contribution in [0.2, 0.25) is 0 Å². The second-order valence-corrected chi connectivity index (χ2v) is 6.60. The fourth-order valence-corrected chi connectivity index (χ4v) is 3.71. The van der Waals surface area contributed by atoms with E-state index in [1.54, 1.807) is 0 Å². The lowest BCUT2D eigenvalue weighted by Gasteiger charge is -2.11. The zero-order valence-corrected chi connectivity index (χ0v) is 14.4. The standard InChI is InChI=1S/C25H18O/c1-3-9-18(10-4-1)17-20-15-16-22-21-13-7-8-14-23(21)26-25(22)24(20)19-11-5-2-6-12-19/h1-16H,17H2. The molecule has 5 rings (SSSR count). The molecule has 0 bridgehead atoms. The third kappa shape index (κ3) is 2.49. The van der Waals surface area contributed by atoms with Gasteiger partial charge in [0.25, 0.3) is 0 Å². The third-order valence-corrected chi connectivity index (χ3v) is 4.93. The number of hydrogen-bond acceptors (Lipinski definition) is 1. The van der Waals surface area contributed by atoms with Crippen molar-refractivity contribution < 1.29 is 4.42 Å². The summed E-state index contributed by atoms with van der Waals surface area (Å²) in [6, 6.07) is 33.9. The van der Waals surface area contributed by atoms with Gasteiger partial charge in [0.15, 0.2) is 0 Å². The highest BCUT2D eigenvalue weighted by atomic mass is 16.3. The molecule has 0 aliphatic carbocycles. The van der Waals surface area contributed by atoms with Crippen molar-refractivity contribution in [2.45, 2.75) is 6.42 Å². The molecule has 0 atom stereocenters. The fourth-order valence-electron chi connectivity index (χ4n) is 3.71. The van der Waals surface area contributed by atoms with Crippen molar-refractivity contribution in [3.05, 3.63) is 108 Å². The maximum atomic E-state index is 6.32. The summed E-state index contributed by atoms with van der Waals surface area (Å²) in [5.74, 6) is 0. The average molecular weight is 334 g/mol. The van der Waals surface area contributed by atoms with Gasteiger partial charge in [0.2, 0.25) is 0 Å². The minimum atomic E-state index is 0.887. The Morgan fingerprint density at radius 2 is 1.27 bits per heavy atom. The first-order valence-electron chi connectivity index (χ1n) is 8.92. The lowest BCUT2D eigenvalue weighted by atomic mass is 9.93. The summed E-state index contributed by atoms with van der Waals surface area (Å²) in [5.41, 5.74) is 6.91. The molecule has 0 N–H and O–H groups in total. The van der Waals surface area contributed by atoms with Gasteiger partial charge in [0, 0.05) is 16.3 Å². The largest absolute Gasteiger partial charge is 0.455 e. The van der Waals surface area contributed by atoms with Crippen LogP contribution in [0.15, 0.2) is 101 Å². The molecule has 0 fully saturated rings. The molecule has 0 radical (unpaired) electrons. The molecular weight excluding hydrogens is 316 g/mol. The second kappa shape index (κ2) is 6.20. The van der Waals surface area contributed by atoms with Gasteiger partial charge in [-0.25, -0.2) is 0 Å². The monoisotopic (exact) mass is 334 g/mol. The molecule has 1 aromatic heterocycles. The molecule has 124 valence electrons. The summed E-state index contributed by atoms with van der Waals surface area (Å²) in [6.07, 6.45) is 0.887. The highest BCUT2D eigenvalue weighted by molar-refractivity contribution is 6.10. The molecule has 1 heteroatoms. The second-order valence-electron chi connectivity index (χ2n) is 6.60. The van der Waals surface area contributed by atoms with Crippen molar-refractivity contribution in [1.82, 2.24) is 0 Å². The van der Waals surface area contributed by atoms with Gasteiger partial charge in [-0.1, -0.05) is 91.0 Å². The summed E-state index contributed by atoms with van der Waals surface area (Å²) >= 11 is 0. The number of hydrogen-bond donors (Lipinski definition) is 0. The molecule has 5 aromatic rings. The number of furan rings is 1. The molecule has 0 aliphatic rings. The van der Waals surface area contributed by atoms with Crippen LogP contribution in [0, 0.1) is 0 Å². The van der Waals surface area contributed by atoms with Crippen LogP contribution >= 0.6 is 0 Å². The predicted octanol–water partition coefficient (Wildman–Crippen LogP) is 6.84. The van der Waals surface area contributed by atoms with Crippen molar-refractivity contribution in [3.8, 4) is 11.1 Å². The normalized spacial score (nSPS) is 11.2. The van der Waals surface area contributed by atoms with Gasteiger partial charge in [-0.3, -0.25) is 0 Å². The van der Waals surface area contributed by atoms with Crippen molar-refractivity contribution in [1.29, 1.82) is 0 Å². The van der Waals surface area contributed by atoms with E-state index < -0.39 is 0 Å². The molecule has 26 heavy (non-hydrogen) atoms. The van der Waals surface area contributed by atoms with Gasteiger partial charge in [-0.05, 0) is 29.2 Å². The smallest absolute Gasteiger partial charge is 0.143 e. The van der Waals surface area contributed by atoms with E-state index >= 15 is 0 Å². The van der Waals surface area contributed by atoms with Gasteiger partial charge >= 0.3 is 0 Å². The van der Waals surface area contributed by atoms with Gasteiger partial charge < -0.3 is 4.42 Å². The highest BCUT2D eigenvalue weighted by Crippen LogP contribution is 2.38. The van der Waals surface area contributed by atoms with Crippen LogP contribution in [-0.4, -0.2) is 0 Å². The summed E-state index contributed by atoms with van der Waals surface area (Å²) in [4.78, 5) is 0. The van der Waals surface area contributed by atoms with Gasteiger partial charge in [0.1, 0.15) is 11.2 Å². The molecule has 0 aliphatic heterocycles. The molecule has 4 aromatic carbocycles. The third-order valence-electron chi connectivity index (χ3n) is 4.93. The van der Waals surface area contributed by atoms with Crippen LogP contribution in [0.25, 0.3) is 33.1 Å². The topological polar surface area (TPSA) is 13.1 Å². The maximum absolute atomic E-state index is 6.32. The Morgan fingerprint density at radius 1 is 0.577 bits per heavy atom. The van der Waals surface area contributed by atoms with Crippen LogP contribution in [-0.2, 0) is 6.42 Å². The predicted molar refractivity (Wildman–Crippen MR) is 108 cm³/mol. The van der Waals surface area contributed by atoms with E-state index in [9.17, 15) is 0 Å². The van der Waals surface area contributed by atoms with E-state index in [0.29, 0.717) is 0 Å². The van der Waals surface area contributed by atoms with E-state index in [2.05, 4.69) is 84.9 Å². The van der Waals surface area contributed by atoms with E-state index in [-0.39, 0.29) is 0 Å². The minimum Gasteiger partial charge on any atom is -0.455 e. The molecule has 0 amide bonds. The molecule has 0 unspecified atom stereocenters. The van der Waals surface area contributed by atoms with E-state index in [0.717, 1.165) is 17.6 Å². The van der Waals surface area contributed by atoms with Gasteiger partial charge in [0.05, 0.1) is 0 Å². The number of fused-ring (bicyclic) bond motifs is 3. The van der Waals surface area contributed by atoms with Crippen LogP contribution < -0.4 is 0 Å². The zero-order valence-electron chi connectivity index (χ0n) is 14.4. The zero-order chi connectivity index (χ0) is 17.3. The molecule has 0 saturated heterocycles. The number of rotatable bonds is 3. The van der Waals surface area contributed by atoms with Crippen LogP contribution in [0.3, 0.4) is 0 Å². The average Bonchev–Trinajstić information content (AvgIpc) is 3.08. The first kappa shape index (κ1) is 15.0. The first-order chi connectivity index (χ1) is 12.9. The molecule has 1 nitrogen and oxygen atoms in total. The summed E-state index contributed by atoms with van der Waals surface area (Å²) in [5, 5.41) is 2.35. The lowest BCUT2D eigenvalue weighted by Crippen LogP contribution is -1.93.